The third-order valence-electron chi connectivity index (χ3n) is 3.12. The number of halogens is 1. The van der Waals surface area contributed by atoms with Gasteiger partial charge in [-0.2, -0.15) is 0 Å². The normalized spacial score (nSPS) is 19.3. The molecule has 0 N–H and O–H groups in total. The van der Waals surface area contributed by atoms with Gasteiger partial charge in [0.1, 0.15) is 5.15 Å². The predicted molar refractivity (Wildman–Crippen MR) is 68.3 cm³/mol. The highest BCUT2D eigenvalue weighted by molar-refractivity contribution is 6.29. The van der Waals surface area contributed by atoms with Crippen LogP contribution in [-0.4, -0.2) is 28.2 Å². The van der Waals surface area contributed by atoms with Crippen LogP contribution in [0, 0.1) is 5.92 Å². The number of hydrogen-bond acceptors (Lipinski definition) is 3. The maximum atomic E-state index is 12.1. The van der Waals surface area contributed by atoms with Crippen molar-refractivity contribution in [3.63, 3.8) is 0 Å². The van der Waals surface area contributed by atoms with Crippen LogP contribution in [0.25, 0.3) is 0 Å². The van der Waals surface area contributed by atoms with Crippen molar-refractivity contribution in [2.45, 2.75) is 26.2 Å². The molecule has 96 valence electrons. The molecule has 0 aliphatic carbocycles. The van der Waals surface area contributed by atoms with Crippen molar-refractivity contribution in [2.24, 2.45) is 5.92 Å². The molecule has 0 bridgehead atoms. The van der Waals surface area contributed by atoms with E-state index in [0.29, 0.717) is 29.6 Å². The highest BCUT2D eigenvalue weighted by Crippen LogP contribution is 2.23. The second-order valence-corrected chi connectivity index (χ2v) is 4.93. The number of aromatic nitrogens is 1. The van der Waals surface area contributed by atoms with Gasteiger partial charge in [-0.05, 0) is 24.5 Å². The standard InChI is InChI=1S/C13H15ClN2O2/c1-2-3-9-6-12(17)16(8-9)13(18)10-4-5-11(14)15-7-10/h4-5,7,9H,2-3,6,8H2,1H3. The molecule has 1 aromatic heterocycles. The summed E-state index contributed by atoms with van der Waals surface area (Å²) in [5.41, 5.74) is 0.407. The fourth-order valence-corrected chi connectivity index (χ4v) is 2.35. The average Bonchev–Trinajstić information content (AvgIpc) is 2.71. The lowest BCUT2D eigenvalue weighted by molar-refractivity contribution is -0.125. The van der Waals surface area contributed by atoms with Crippen LogP contribution < -0.4 is 0 Å². The molecule has 1 aliphatic heterocycles. The zero-order chi connectivity index (χ0) is 13.1. The first kappa shape index (κ1) is 13.0. The quantitative estimate of drug-likeness (QED) is 0.624. The molecule has 18 heavy (non-hydrogen) atoms. The summed E-state index contributed by atoms with van der Waals surface area (Å²) >= 11 is 5.67. The molecule has 1 fully saturated rings. The van der Waals surface area contributed by atoms with Crippen molar-refractivity contribution in [3.05, 3.63) is 29.0 Å². The third-order valence-corrected chi connectivity index (χ3v) is 3.35. The van der Waals surface area contributed by atoms with E-state index in [1.807, 2.05) is 0 Å². The minimum absolute atomic E-state index is 0.0894. The van der Waals surface area contributed by atoms with Gasteiger partial charge in [0.2, 0.25) is 5.91 Å². The molecule has 0 spiro atoms. The van der Waals surface area contributed by atoms with Gasteiger partial charge in [0.05, 0.1) is 5.56 Å². The molecule has 1 atom stereocenters. The van der Waals surface area contributed by atoms with Gasteiger partial charge in [-0.1, -0.05) is 24.9 Å². The number of likely N-dealkylation sites (tertiary alicyclic amines) is 1. The van der Waals surface area contributed by atoms with Crippen molar-refractivity contribution >= 4 is 23.4 Å². The zero-order valence-electron chi connectivity index (χ0n) is 10.2. The van der Waals surface area contributed by atoms with Crippen LogP contribution in [-0.2, 0) is 4.79 Å². The first-order chi connectivity index (χ1) is 8.61. The van der Waals surface area contributed by atoms with Gasteiger partial charge in [0.25, 0.3) is 5.91 Å². The Labute approximate surface area is 111 Å². The molecule has 0 radical (unpaired) electrons. The van der Waals surface area contributed by atoms with Crippen LogP contribution in [0.3, 0.4) is 0 Å². The summed E-state index contributed by atoms with van der Waals surface area (Å²) in [6, 6.07) is 3.15. The van der Waals surface area contributed by atoms with E-state index in [0.717, 1.165) is 12.8 Å². The van der Waals surface area contributed by atoms with Gasteiger partial charge in [-0.15, -0.1) is 0 Å². The van der Waals surface area contributed by atoms with Crippen molar-refractivity contribution in [2.75, 3.05) is 6.54 Å². The van der Waals surface area contributed by atoms with E-state index in [2.05, 4.69) is 11.9 Å². The monoisotopic (exact) mass is 266 g/mol. The van der Waals surface area contributed by atoms with Crippen molar-refractivity contribution < 1.29 is 9.59 Å². The molecule has 1 saturated heterocycles. The van der Waals surface area contributed by atoms with Crippen LogP contribution >= 0.6 is 11.6 Å². The molecular weight excluding hydrogens is 252 g/mol. The zero-order valence-corrected chi connectivity index (χ0v) is 11.0. The van der Waals surface area contributed by atoms with Crippen LogP contribution in [0.2, 0.25) is 5.15 Å². The Bertz CT molecular complexity index is 459. The first-order valence-electron chi connectivity index (χ1n) is 6.08. The van der Waals surface area contributed by atoms with Gasteiger partial charge in [0.15, 0.2) is 0 Å². The number of nitrogens with zero attached hydrogens (tertiary/aromatic N) is 2. The Morgan fingerprint density at radius 2 is 2.33 bits per heavy atom. The molecule has 2 amide bonds. The third kappa shape index (κ3) is 2.70. The van der Waals surface area contributed by atoms with E-state index in [1.54, 1.807) is 12.1 Å². The summed E-state index contributed by atoms with van der Waals surface area (Å²) < 4.78 is 0. The van der Waals surface area contributed by atoms with E-state index in [4.69, 9.17) is 11.6 Å². The number of pyridine rings is 1. The lowest BCUT2D eigenvalue weighted by atomic mass is 10.0. The maximum absolute atomic E-state index is 12.1. The lowest BCUT2D eigenvalue weighted by Crippen LogP contribution is -2.32. The minimum Gasteiger partial charge on any atom is -0.278 e. The minimum atomic E-state index is -0.275. The Morgan fingerprint density at radius 1 is 1.56 bits per heavy atom. The smallest absolute Gasteiger partial charge is 0.262 e. The highest BCUT2D eigenvalue weighted by Gasteiger charge is 2.33. The topological polar surface area (TPSA) is 50.3 Å². The van der Waals surface area contributed by atoms with Gasteiger partial charge in [-0.3, -0.25) is 14.5 Å². The van der Waals surface area contributed by atoms with E-state index >= 15 is 0 Å². The molecule has 2 heterocycles. The largest absolute Gasteiger partial charge is 0.278 e. The Morgan fingerprint density at radius 3 is 2.94 bits per heavy atom. The summed E-state index contributed by atoms with van der Waals surface area (Å²) in [5.74, 6) is -0.0668. The molecule has 4 nitrogen and oxygen atoms in total. The van der Waals surface area contributed by atoms with Crippen LogP contribution in [0.15, 0.2) is 18.3 Å². The molecule has 0 aromatic carbocycles. The van der Waals surface area contributed by atoms with Crippen molar-refractivity contribution in [3.8, 4) is 0 Å². The summed E-state index contributed by atoms with van der Waals surface area (Å²) in [6.07, 6.45) is 3.89. The van der Waals surface area contributed by atoms with Gasteiger partial charge < -0.3 is 0 Å². The van der Waals surface area contributed by atoms with Crippen LogP contribution in [0.5, 0.6) is 0 Å². The summed E-state index contributed by atoms with van der Waals surface area (Å²) in [7, 11) is 0. The maximum Gasteiger partial charge on any atom is 0.262 e. The summed E-state index contributed by atoms with van der Waals surface area (Å²) in [5, 5.41) is 0.336. The van der Waals surface area contributed by atoms with Gasteiger partial charge in [0, 0.05) is 19.2 Å². The molecule has 1 unspecified atom stereocenters. The molecule has 0 saturated carbocycles. The van der Waals surface area contributed by atoms with Crippen LogP contribution in [0.4, 0.5) is 0 Å². The van der Waals surface area contributed by atoms with Crippen molar-refractivity contribution in [1.82, 2.24) is 9.88 Å². The number of rotatable bonds is 3. The predicted octanol–water partition coefficient (Wildman–Crippen LogP) is 2.52. The van der Waals surface area contributed by atoms with Gasteiger partial charge in [-0.25, -0.2) is 4.98 Å². The molecule has 5 heteroatoms. The summed E-state index contributed by atoms with van der Waals surface area (Å²) in [6.45, 7) is 2.60. The molecule has 2 rings (SSSR count). The fraction of sp³-hybridized carbons (Fsp3) is 0.462. The second-order valence-electron chi connectivity index (χ2n) is 4.54. The number of amides is 2. The van der Waals surface area contributed by atoms with E-state index in [9.17, 15) is 9.59 Å². The van der Waals surface area contributed by atoms with Crippen molar-refractivity contribution in [1.29, 1.82) is 0 Å². The fourth-order valence-electron chi connectivity index (χ4n) is 2.24. The molecule has 1 aliphatic rings. The van der Waals surface area contributed by atoms with Gasteiger partial charge >= 0.3 is 0 Å². The molecule has 1 aromatic rings. The number of carbonyl (C=O) groups is 2. The Balaban J connectivity index is 2.10. The highest BCUT2D eigenvalue weighted by atomic mass is 35.5. The summed E-state index contributed by atoms with van der Waals surface area (Å²) in [4.78, 5) is 29.1. The number of carbonyl (C=O) groups excluding carboxylic acids is 2. The molecular formula is C13H15ClN2O2. The second kappa shape index (κ2) is 5.48. The Kier molecular flexibility index (Phi) is 3.97. The Hall–Kier alpha value is -1.42. The SMILES string of the molecule is CCCC1CC(=O)N(C(=O)c2ccc(Cl)nc2)C1. The van der Waals surface area contributed by atoms with Crippen LogP contribution in [0.1, 0.15) is 36.5 Å². The van der Waals surface area contributed by atoms with E-state index in [-0.39, 0.29) is 11.8 Å². The average molecular weight is 267 g/mol. The number of imide groups is 1. The van der Waals surface area contributed by atoms with E-state index in [1.165, 1.54) is 11.1 Å². The van der Waals surface area contributed by atoms with E-state index < -0.39 is 0 Å². The number of hydrogen-bond donors (Lipinski definition) is 0. The first-order valence-corrected chi connectivity index (χ1v) is 6.46. The lowest BCUT2D eigenvalue weighted by Gasteiger charge is -2.14.